The summed E-state index contributed by atoms with van der Waals surface area (Å²) < 4.78 is 18.3. The molecule has 0 aliphatic carbocycles. The van der Waals surface area contributed by atoms with Gasteiger partial charge >= 0.3 is 0 Å². The molecule has 1 heterocycles. The lowest BCUT2D eigenvalue weighted by molar-refractivity contribution is 0.415. The molecule has 2 rings (SSSR count). The van der Waals surface area contributed by atoms with Crippen molar-refractivity contribution < 1.29 is 9.13 Å². The molecule has 0 saturated heterocycles. The number of pyridine rings is 1. The van der Waals surface area contributed by atoms with Crippen LogP contribution in [-0.4, -0.2) is 12.1 Å². The minimum atomic E-state index is -0.378. The van der Waals surface area contributed by atoms with Gasteiger partial charge < -0.3 is 10.5 Å². The van der Waals surface area contributed by atoms with Crippen LogP contribution in [0.4, 0.5) is 10.1 Å². The number of hydrogen-bond acceptors (Lipinski definition) is 3. The van der Waals surface area contributed by atoms with Crippen molar-refractivity contribution in [2.45, 2.75) is 6.92 Å². The van der Waals surface area contributed by atoms with Gasteiger partial charge in [0.15, 0.2) is 0 Å². The lowest BCUT2D eigenvalue weighted by atomic mass is 10.1. The number of anilines is 1. The second kappa shape index (κ2) is 3.38. The number of methoxy groups -OCH3 is 1. The summed E-state index contributed by atoms with van der Waals surface area (Å²) in [5.74, 6) is 0.0251. The molecular weight excluding hydrogens is 195 g/mol. The van der Waals surface area contributed by atoms with E-state index in [0.29, 0.717) is 22.3 Å². The molecule has 0 radical (unpaired) electrons. The predicted octanol–water partition coefficient (Wildman–Crippen LogP) is 2.27. The average Bonchev–Trinajstić information content (AvgIpc) is 2.18. The van der Waals surface area contributed by atoms with E-state index in [0.717, 1.165) is 5.69 Å². The van der Waals surface area contributed by atoms with Gasteiger partial charge in [0.25, 0.3) is 0 Å². The molecule has 0 aliphatic rings. The van der Waals surface area contributed by atoms with Crippen molar-refractivity contribution in [3.05, 3.63) is 29.7 Å². The highest BCUT2D eigenvalue weighted by Gasteiger charge is 2.09. The number of hydrogen-bond donors (Lipinski definition) is 1. The summed E-state index contributed by atoms with van der Waals surface area (Å²) in [6.07, 6.45) is 0. The number of ether oxygens (including phenoxy) is 1. The Morgan fingerprint density at radius 3 is 2.73 bits per heavy atom. The van der Waals surface area contributed by atoms with Crippen LogP contribution in [0.1, 0.15) is 5.69 Å². The first kappa shape index (κ1) is 9.71. The Balaban J connectivity index is 2.89. The second-order valence-corrected chi connectivity index (χ2v) is 3.36. The molecule has 0 unspecified atom stereocenters. The quantitative estimate of drug-likeness (QED) is 0.778. The van der Waals surface area contributed by atoms with Crippen molar-refractivity contribution in [2.75, 3.05) is 12.8 Å². The third-order valence-corrected chi connectivity index (χ3v) is 2.22. The SMILES string of the molecule is COc1cc(F)cc2c(N)cc(C)nc12. The maximum absolute atomic E-state index is 13.2. The molecule has 0 spiro atoms. The summed E-state index contributed by atoms with van der Waals surface area (Å²) in [4.78, 5) is 4.28. The Morgan fingerprint density at radius 1 is 1.33 bits per heavy atom. The molecule has 2 aromatic rings. The zero-order chi connectivity index (χ0) is 11.0. The Bertz CT molecular complexity index is 525. The van der Waals surface area contributed by atoms with E-state index < -0.39 is 0 Å². The molecule has 0 fully saturated rings. The summed E-state index contributed by atoms with van der Waals surface area (Å²) in [5.41, 5.74) is 7.67. The van der Waals surface area contributed by atoms with Gasteiger partial charge in [-0.1, -0.05) is 0 Å². The maximum Gasteiger partial charge on any atom is 0.148 e. The number of aryl methyl sites for hydroxylation is 1. The molecule has 15 heavy (non-hydrogen) atoms. The van der Waals surface area contributed by atoms with Gasteiger partial charge in [-0.2, -0.15) is 0 Å². The van der Waals surface area contributed by atoms with Crippen molar-refractivity contribution in [1.29, 1.82) is 0 Å². The van der Waals surface area contributed by atoms with Gasteiger partial charge in [0.2, 0.25) is 0 Å². The minimum absolute atomic E-state index is 0.378. The van der Waals surface area contributed by atoms with Crippen LogP contribution in [0.25, 0.3) is 10.9 Å². The summed E-state index contributed by atoms with van der Waals surface area (Å²) in [5, 5.41) is 0.581. The minimum Gasteiger partial charge on any atom is -0.494 e. The van der Waals surface area contributed by atoms with Crippen LogP contribution in [0.3, 0.4) is 0 Å². The maximum atomic E-state index is 13.2. The standard InChI is InChI=1S/C11H11FN2O/c1-6-3-9(13)8-4-7(12)5-10(15-2)11(8)14-6/h3-5H,1-2H3,(H2,13,14). The van der Waals surface area contributed by atoms with Crippen LogP contribution in [0, 0.1) is 12.7 Å². The monoisotopic (exact) mass is 206 g/mol. The van der Waals surface area contributed by atoms with Crippen LogP contribution < -0.4 is 10.5 Å². The van der Waals surface area contributed by atoms with Crippen molar-refractivity contribution >= 4 is 16.6 Å². The Morgan fingerprint density at radius 2 is 2.07 bits per heavy atom. The molecule has 1 aromatic carbocycles. The fraction of sp³-hybridized carbons (Fsp3) is 0.182. The predicted molar refractivity (Wildman–Crippen MR) is 57.4 cm³/mol. The van der Waals surface area contributed by atoms with Gasteiger partial charge in [-0.05, 0) is 19.1 Å². The molecule has 4 heteroatoms. The van der Waals surface area contributed by atoms with Crippen LogP contribution in [0.2, 0.25) is 0 Å². The number of benzene rings is 1. The molecule has 3 nitrogen and oxygen atoms in total. The molecule has 1 aromatic heterocycles. The zero-order valence-electron chi connectivity index (χ0n) is 8.54. The van der Waals surface area contributed by atoms with Gasteiger partial charge in [0.1, 0.15) is 17.1 Å². The third-order valence-electron chi connectivity index (χ3n) is 2.22. The van der Waals surface area contributed by atoms with Crippen molar-refractivity contribution in [1.82, 2.24) is 4.98 Å². The van der Waals surface area contributed by atoms with Crippen molar-refractivity contribution in [2.24, 2.45) is 0 Å². The van der Waals surface area contributed by atoms with Crippen LogP contribution >= 0.6 is 0 Å². The first-order valence-corrected chi connectivity index (χ1v) is 4.52. The van der Waals surface area contributed by atoms with Gasteiger partial charge in [0.05, 0.1) is 7.11 Å². The van der Waals surface area contributed by atoms with Crippen LogP contribution in [0.5, 0.6) is 5.75 Å². The molecule has 78 valence electrons. The van der Waals surface area contributed by atoms with Gasteiger partial charge in [-0.15, -0.1) is 0 Å². The van der Waals surface area contributed by atoms with E-state index in [1.165, 1.54) is 19.2 Å². The number of nitrogens with two attached hydrogens (primary N) is 1. The number of rotatable bonds is 1. The number of fused-ring (bicyclic) bond motifs is 1. The first-order valence-electron chi connectivity index (χ1n) is 4.52. The number of nitrogens with zero attached hydrogens (tertiary/aromatic N) is 1. The first-order chi connectivity index (χ1) is 7.11. The van der Waals surface area contributed by atoms with E-state index in [-0.39, 0.29) is 5.82 Å². The Kier molecular flexibility index (Phi) is 2.19. The van der Waals surface area contributed by atoms with Gasteiger partial charge in [-0.25, -0.2) is 9.37 Å². The fourth-order valence-electron chi connectivity index (χ4n) is 1.58. The summed E-state index contributed by atoms with van der Waals surface area (Å²) in [7, 11) is 1.48. The van der Waals surface area contributed by atoms with E-state index in [1.807, 2.05) is 6.92 Å². The third kappa shape index (κ3) is 1.58. The molecule has 0 bridgehead atoms. The normalized spacial score (nSPS) is 10.6. The molecule has 0 aliphatic heterocycles. The highest BCUT2D eigenvalue weighted by atomic mass is 19.1. The van der Waals surface area contributed by atoms with E-state index in [2.05, 4.69) is 4.98 Å². The van der Waals surface area contributed by atoms with Gasteiger partial charge in [0, 0.05) is 22.8 Å². The molecule has 0 saturated carbocycles. The summed E-state index contributed by atoms with van der Waals surface area (Å²) >= 11 is 0. The van der Waals surface area contributed by atoms with E-state index in [9.17, 15) is 4.39 Å². The molecule has 0 amide bonds. The molecule has 2 N–H and O–H groups in total. The Labute approximate surface area is 86.7 Å². The van der Waals surface area contributed by atoms with E-state index >= 15 is 0 Å². The number of halogens is 1. The summed E-state index contributed by atoms with van der Waals surface area (Å²) in [6.45, 7) is 1.83. The Hall–Kier alpha value is -1.84. The van der Waals surface area contributed by atoms with Crippen molar-refractivity contribution in [3.8, 4) is 5.75 Å². The largest absolute Gasteiger partial charge is 0.494 e. The lowest BCUT2D eigenvalue weighted by Gasteiger charge is -2.08. The van der Waals surface area contributed by atoms with Gasteiger partial charge in [-0.3, -0.25) is 0 Å². The molecular formula is C11H11FN2O. The second-order valence-electron chi connectivity index (χ2n) is 3.36. The van der Waals surface area contributed by atoms with Crippen LogP contribution in [-0.2, 0) is 0 Å². The average molecular weight is 206 g/mol. The van der Waals surface area contributed by atoms with Crippen molar-refractivity contribution in [3.63, 3.8) is 0 Å². The highest BCUT2D eigenvalue weighted by molar-refractivity contribution is 5.94. The van der Waals surface area contributed by atoms with E-state index in [1.54, 1.807) is 6.07 Å². The number of aromatic nitrogens is 1. The lowest BCUT2D eigenvalue weighted by Crippen LogP contribution is -1.95. The number of nitrogen functional groups attached to an aromatic ring is 1. The zero-order valence-corrected chi connectivity index (χ0v) is 8.54. The van der Waals surface area contributed by atoms with Crippen LogP contribution in [0.15, 0.2) is 18.2 Å². The topological polar surface area (TPSA) is 48.1 Å². The summed E-state index contributed by atoms with van der Waals surface area (Å²) in [6, 6.07) is 4.37. The fourth-order valence-corrected chi connectivity index (χ4v) is 1.58. The smallest absolute Gasteiger partial charge is 0.148 e. The van der Waals surface area contributed by atoms with E-state index in [4.69, 9.17) is 10.5 Å². The molecule has 0 atom stereocenters. The highest BCUT2D eigenvalue weighted by Crippen LogP contribution is 2.29.